The van der Waals surface area contributed by atoms with Gasteiger partial charge >= 0.3 is 0 Å². The Kier molecular flexibility index (Phi) is 4.26. The molecule has 19 heavy (non-hydrogen) atoms. The van der Waals surface area contributed by atoms with Gasteiger partial charge in [-0.1, -0.05) is 34.8 Å². The predicted molar refractivity (Wildman–Crippen MR) is 74.0 cm³/mol. The Bertz CT molecular complexity index is 657. The molecular formula is C13H6Cl3FN2. The fourth-order valence-corrected chi connectivity index (χ4v) is 2.69. The quantitative estimate of drug-likeness (QED) is 0.738. The van der Waals surface area contributed by atoms with E-state index >= 15 is 0 Å². The molecule has 2 nitrogen and oxygen atoms in total. The maximum Gasteiger partial charge on any atom is 0.217 e. The molecule has 0 amide bonds. The van der Waals surface area contributed by atoms with Crippen LogP contribution in [0.3, 0.4) is 0 Å². The molecule has 0 radical (unpaired) electrons. The highest BCUT2D eigenvalue weighted by atomic mass is 35.5. The van der Waals surface area contributed by atoms with Crippen molar-refractivity contribution in [3.63, 3.8) is 0 Å². The summed E-state index contributed by atoms with van der Waals surface area (Å²) in [7, 11) is 0. The van der Waals surface area contributed by atoms with Crippen molar-refractivity contribution >= 4 is 34.8 Å². The molecule has 0 bridgehead atoms. The molecule has 1 aromatic carbocycles. The van der Waals surface area contributed by atoms with E-state index in [4.69, 9.17) is 40.1 Å². The molecule has 0 aliphatic heterocycles. The molecule has 1 aromatic heterocycles. The second-order valence-electron chi connectivity index (χ2n) is 3.75. The third-order valence-corrected chi connectivity index (χ3v) is 3.29. The van der Waals surface area contributed by atoms with E-state index < -0.39 is 5.95 Å². The molecule has 0 atom stereocenters. The topological polar surface area (TPSA) is 36.7 Å². The minimum atomic E-state index is -0.675. The van der Waals surface area contributed by atoms with Crippen LogP contribution in [0.25, 0.3) is 11.1 Å². The predicted octanol–water partition coefficient (Wildman–Crippen LogP) is 4.91. The Morgan fingerprint density at radius 3 is 2.37 bits per heavy atom. The average Bonchev–Trinajstić information content (AvgIpc) is 2.32. The first-order valence-electron chi connectivity index (χ1n) is 5.19. The van der Waals surface area contributed by atoms with Gasteiger partial charge in [-0.25, -0.2) is 4.98 Å². The van der Waals surface area contributed by atoms with Crippen molar-refractivity contribution in [3.05, 3.63) is 51.0 Å². The molecule has 0 aliphatic carbocycles. The van der Waals surface area contributed by atoms with E-state index in [-0.39, 0.29) is 12.0 Å². The number of aromatic nitrogens is 1. The Balaban J connectivity index is 2.60. The van der Waals surface area contributed by atoms with Crippen molar-refractivity contribution in [2.45, 2.75) is 6.42 Å². The second kappa shape index (κ2) is 5.75. The summed E-state index contributed by atoms with van der Waals surface area (Å²) in [5, 5.41) is 9.73. The van der Waals surface area contributed by atoms with E-state index in [1.54, 1.807) is 0 Å². The highest BCUT2D eigenvalue weighted by Gasteiger charge is 2.13. The van der Waals surface area contributed by atoms with Crippen LogP contribution in [0.2, 0.25) is 15.1 Å². The molecule has 0 saturated carbocycles. The van der Waals surface area contributed by atoms with Crippen LogP contribution in [0.15, 0.2) is 24.4 Å². The molecule has 0 N–H and O–H groups in total. The van der Waals surface area contributed by atoms with Gasteiger partial charge in [0.15, 0.2) is 0 Å². The summed E-state index contributed by atoms with van der Waals surface area (Å²) in [5.41, 5.74) is 1.25. The van der Waals surface area contributed by atoms with E-state index in [9.17, 15) is 4.39 Å². The van der Waals surface area contributed by atoms with Gasteiger partial charge in [0.25, 0.3) is 0 Å². The first-order valence-corrected chi connectivity index (χ1v) is 6.32. The summed E-state index contributed by atoms with van der Waals surface area (Å²) >= 11 is 18.0. The molecule has 0 saturated heterocycles. The van der Waals surface area contributed by atoms with Crippen LogP contribution in [-0.4, -0.2) is 4.98 Å². The van der Waals surface area contributed by atoms with Crippen molar-refractivity contribution in [1.82, 2.24) is 4.98 Å². The first-order chi connectivity index (χ1) is 9.02. The second-order valence-corrected chi connectivity index (χ2v) is 5.00. The van der Waals surface area contributed by atoms with Gasteiger partial charge in [-0.3, -0.25) is 0 Å². The van der Waals surface area contributed by atoms with E-state index in [2.05, 4.69) is 4.98 Å². The molecule has 0 unspecified atom stereocenters. The normalized spacial score (nSPS) is 10.3. The molecular weight excluding hydrogens is 310 g/mol. The maximum absolute atomic E-state index is 13.4. The van der Waals surface area contributed by atoms with Gasteiger partial charge in [-0.15, -0.1) is 0 Å². The monoisotopic (exact) mass is 314 g/mol. The molecule has 2 aromatic rings. The zero-order valence-corrected chi connectivity index (χ0v) is 11.7. The fourth-order valence-electron chi connectivity index (χ4n) is 1.66. The van der Waals surface area contributed by atoms with E-state index in [1.807, 2.05) is 6.07 Å². The SMILES string of the molecule is N#CCc1cc(-c2c(Cl)cc(Cl)cc2Cl)cnc1F. The largest absolute Gasteiger partial charge is 0.227 e. The van der Waals surface area contributed by atoms with Gasteiger partial charge in [0.1, 0.15) is 0 Å². The maximum atomic E-state index is 13.4. The molecule has 6 heteroatoms. The van der Waals surface area contributed by atoms with Gasteiger partial charge in [-0.05, 0) is 18.2 Å². The lowest BCUT2D eigenvalue weighted by Gasteiger charge is -2.09. The number of halogens is 4. The molecule has 2 rings (SSSR count). The van der Waals surface area contributed by atoms with Gasteiger partial charge in [-0.2, -0.15) is 9.65 Å². The highest BCUT2D eigenvalue weighted by molar-refractivity contribution is 6.41. The standard InChI is InChI=1S/C13H6Cl3FN2/c14-9-4-10(15)12(11(16)5-9)8-3-7(1-2-18)13(17)19-6-8/h3-6H,1H2. The van der Waals surface area contributed by atoms with Crippen LogP contribution in [0.5, 0.6) is 0 Å². The van der Waals surface area contributed by atoms with Gasteiger partial charge in [0.05, 0.1) is 22.5 Å². The first kappa shape index (κ1) is 14.1. The third-order valence-electron chi connectivity index (χ3n) is 2.48. The highest BCUT2D eigenvalue weighted by Crippen LogP contribution is 2.37. The van der Waals surface area contributed by atoms with Crippen LogP contribution >= 0.6 is 34.8 Å². The summed E-state index contributed by atoms with van der Waals surface area (Å²) < 4.78 is 13.4. The lowest BCUT2D eigenvalue weighted by atomic mass is 10.0. The van der Waals surface area contributed by atoms with Crippen LogP contribution < -0.4 is 0 Å². The van der Waals surface area contributed by atoms with E-state index in [0.29, 0.717) is 26.2 Å². The summed E-state index contributed by atoms with van der Waals surface area (Å²) in [5.74, 6) is -0.675. The summed E-state index contributed by atoms with van der Waals surface area (Å²) in [6, 6.07) is 6.46. The van der Waals surface area contributed by atoms with Crippen molar-refractivity contribution in [2.75, 3.05) is 0 Å². The minimum Gasteiger partial charge on any atom is -0.227 e. The molecule has 0 fully saturated rings. The van der Waals surface area contributed by atoms with E-state index in [0.717, 1.165) is 0 Å². The molecule has 0 aliphatic rings. The Morgan fingerprint density at radius 1 is 1.16 bits per heavy atom. The van der Waals surface area contributed by atoms with Crippen molar-refractivity contribution in [2.24, 2.45) is 0 Å². The van der Waals surface area contributed by atoms with Crippen molar-refractivity contribution < 1.29 is 4.39 Å². The number of pyridine rings is 1. The number of hydrogen-bond acceptors (Lipinski definition) is 2. The zero-order chi connectivity index (χ0) is 14.0. The number of rotatable bonds is 2. The Morgan fingerprint density at radius 2 is 1.79 bits per heavy atom. The molecule has 1 heterocycles. The molecule has 96 valence electrons. The van der Waals surface area contributed by atoms with Crippen LogP contribution in [0.1, 0.15) is 5.56 Å². The average molecular weight is 316 g/mol. The smallest absolute Gasteiger partial charge is 0.217 e. The minimum absolute atomic E-state index is 0.0739. The zero-order valence-electron chi connectivity index (χ0n) is 9.42. The Labute approximate surface area is 124 Å². The summed E-state index contributed by atoms with van der Waals surface area (Å²) in [6.07, 6.45) is 1.24. The van der Waals surface area contributed by atoms with Gasteiger partial charge in [0.2, 0.25) is 5.95 Å². The van der Waals surface area contributed by atoms with Crippen molar-refractivity contribution in [1.29, 1.82) is 5.26 Å². The fraction of sp³-hybridized carbons (Fsp3) is 0.0769. The van der Waals surface area contributed by atoms with Crippen LogP contribution in [-0.2, 0) is 6.42 Å². The summed E-state index contributed by atoms with van der Waals surface area (Å²) in [4.78, 5) is 3.61. The summed E-state index contributed by atoms with van der Waals surface area (Å²) in [6.45, 7) is 0. The third kappa shape index (κ3) is 2.98. The van der Waals surface area contributed by atoms with Gasteiger partial charge < -0.3 is 0 Å². The Hall–Kier alpha value is -1.34. The van der Waals surface area contributed by atoms with E-state index in [1.165, 1.54) is 24.4 Å². The molecule has 0 spiro atoms. The number of benzene rings is 1. The number of hydrogen-bond donors (Lipinski definition) is 0. The van der Waals surface area contributed by atoms with Crippen LogP contribution in [0.4, 0.5) is 4.39 Å². The van der Waals surface area contributed by atoms with Crippen LogP contribution in [0, 0.1) is 17.3 Å². The number of nitrogens with zero attached hydrogens (tertiary/aromatic N) is 2. The number of nitriles is 1. The van der Waals surface area contributed by atoms with Gasteiger partial charge in [0, 0.05) is 27.9 Å². The lowest BCUT2D eigenvalue weighted by Crippen LogP contribution is -1.94. The van der Waals surface area contributed by atoms with Crippen molar-refractivity contribution in [3.8, 4) is 17.2 Å². The lowest BCUT2D eigenvalue weighted by molar-refractivity contribution is 0.571.